The monoisotopic (exact) mass is 822 g/mol. The number of nitrogens with zero attached hydrogens (tertiary/aromatic N) is 4. The number of H-pyrrole nitrogens is 2. The van der Waals surface area contributed by atoms with Gasteiger partial charge in [0.2, 0.25) is 5.91 Å². The van der Waals surface area contributed by atoms with Crippen molar-refractivity contribution in [3.8, 4) is 33.6 Å². The molecular weight excluding hydrogens is 773 g/mol. The number of benzene rings is 4. The number of amides is 4. The van der Waals surface area contributed by atoms with Crippen molar-refractivity contribution >= 4 is 34.8 Å². The predicted molar refractivity (Wildman–Crippen MR) is 231 cm³/mol. The molecule has 14 nitrogen and oxygen atoms in total. The van der Waals surface area contributed by atoms with Crippen molar-refractivity contribution in [2.24, 2.45) is 5.92 Å². The van der Waals surface area contributed by atoms with Gasteiger partial charge >= 0.3 is 12.2 Å². The molecule has 0 bridgehead atoms. The van der Waals surface area contributed by atoms with Crippen LogP contribution in [0.5, 0.6) is 0 Å². The van der Waals surface area contributed by atoms with Crippen molar-refractivity contribution in [2.75, 3.05) is 27.3 Å². The van der Waals surface area contributed by atoms with Gasteiger partial charge in [0.15, 0.2) is 0 Å². The first-order valence-corrected chi connectivity index (χ1v) is 20.7. The lowest BCUT2D eigenvalue weighted by Crippen LogP contribution is -2.51. The third-order valence-corrected chi connectivity index (χ3v) is 11.8. The maximum Gasteiger partial charge on any atom is 0.407 e. The lowest BCUT2D eigenvalue weighted by Gasteiger charge is -2.30. The van der Waals surface area contributed by atoms with Crippen LogP contribution in [-0.2, 0) is 19.1 Å². The Morgan fingerprint density at radius 3 is 1.74 bits per heavy atom. The molecule has 0 radical (unpaired) electrons. The number of alkyl carbamates (subject to hydrolysis) is 2. The molecule has 314 valence electrons. The van der Waals surface area contributed by atoms with Crippen LogP contribution in [0.15, 0.2) is 103 Å². The Hall–Kier alpha value is -6.96. The van der Waals surface area contributed by atoms with Gasteiger partial charge in [0, 0.05) is 18.7 Å². The normalized spacial score (nSPS) is 17.3. The maximum absolute atomic E-state index is 13.9. The molecule has 2 aromatic heterocycles. The highest BCUT2D eigenvalue weighted by atomic mass is 16.5. The molecule has 4 heterocycles. The van der Waals surface area contributed by atoms with Gasteiger partial charge in [0.25, 0.3) is 5.91 Å². The molecule has 4 atom stereocenters. The van der Waals surface area contributed by atoms with Gasteiger partial charge in [0.05, 0.1) is 50.1 Å². The third kappa shape index (κ3) is 8.56. The largest absolute Gasteiger partial charge is 0.453 e. The minimum Gasteiger partial charge on any atom is -0.453 e. The van der Waals surface area contributed by atoms with Crippen LogP contribution in [0.3, 0.4) is 0 Å². The van der Waals surface area contributed by atoms with E-state index in [2.05, 4.69) is 81.3 Å². The number of nitrogens with one attached hydrogen (secondary N) is 4. The SMILES string of the molecule is COC(=O)N[C@H](C(=O)N1CCC[C@H]1c1ncc(-c2ccc3cc(-c4ccc(-c5cnc([C@@H]6CCCN6C(=O)[C@H](NC(=O)OC)c6ccccc6)[nH]5)cc4)ccc3c2)[nH]1)C(C)C. The van der Waals surface area contributed by atoms with E-state index in [1.807, 2.05) is 55.3 Å². The average Bonchev–Trinajstić information content (AvgIpc) is 4.14. The van der Waals surface area contributed by atoms with Gasteiger partial charge in [-0.25, -0.2) is 19.6 Å². The number of carbonyl (C=O) groups is 4. The molecule has 8 rings (SSSR count). The average molecular weight is 823 g/mol. The third-order valence-electron chi connectivity index (χ3n) is 11.8. The first-order chi connectivity index (χ1) is 29.6. The zero-order valence-corrected chi connectivity index (χ0v) is 34.7. The molecule has 4 amide bonds. The Morgan fingerprint density at radius 2 is 1.15 bits per heavy atom. The van der Waals surface area contributed by atoms with E-state index in [0.29, 0.717) is 24.5 Å². The van der Waals surface area contributed by atoms with E-state index in [0.717, 1.165) is 75.9 Å². The summed E-state index contributed by atoms with van der Waals surface area (Å²) in [5, 5.41) is 7.60. The second-order valence-corrected chi connectivity index (χ2v) is 15.9. The van der Waals surface area contributed by atoms with Gasteiger partial charge in [-0.1, -0.05) is 92.7 Å². The summed E-state index contributed by atoms with van der Waals surface area (Å²) >= 11 is 0. The van der Waals surface area contributed by atoms with Crippen LogP contribution in [0.1, 0.15) is 74.9 Å². The number of fused-ring (bicyclic) bond motifs is 1. The number of ether oxygens (including phenoxy) is 2. The van der Waals surface area contributed by atoms with E-state index in [1.54, 1.807) is 11.1 Å². The van der Waals surface area contributed by atoms with Crippen molar-refractivity contribution in [2.45, 2.75) is 63.7 Å². The van der Waals surface area contributed by atoms with Crippen LogP contribution in [0.2, 0.25) is 0 Å². The summed E-state index contributed by atoms with van der Waals surface area (Å²) in [6.07, 6.45) is 5.53. The van der Waals surface area contributed by atoms with Crippen molar-refractivity contribution in [1.82, 2.24) is 40.4 Å². The number of likely N-dealkylation sites (tertiary alicyclic amines) is 2. The zero-order valence-electron chi connectivity index (χ0n) is 34.7. The van der Waals surface area contributed by atoms with Crippen molar-refractivity contribution in [3.63, 3.8) is 0 Å². The smallest absolute Gasteiger partial charge is 0.407 e. The summed E-state index contributed by atoms with van der Waals surface area (Å²) < 4.78 is 9.60. The molecule has 2 aliphatic rings. The van der Waals surface area contributed by atoms with Crippen LogP contribution >= 0.6 is 0 Å². The standard InChI is InChI=1S/C47H50N8O6/c1-28(2)40(52-46(58)60-3)44(56)54-22-8-12-38(54)43-49-27-37(51-43)35-21-20-33-24-32(18-19-34(33)25-35)29-14-16-30(17-15-29)36-26-48-42(50-36)39-13-9-23-55(39)45(57)41(53-47(59)61-4)31-10-6-5-7-11-31/h5-7,10-11,14-21,24-28,38-41H,8-9,12-13,22-23H2,1-4H3,(H,48,50)(H,49,51)(H,52,58)(H,53,59)/t38-,39-,40-,41+/m0/s1. The molecular formula is C47H50N8O6. The van der Waals surface area contributed by atoms with Crippen LogP contribution < -0.4 is 10.6 Å². The van der Waals surface area contributed by atoms with Gasteiger partial charge in [-0.15, -0.1) is 0 Å². The minimum absolute atomic E-state index is 0.108. The topological polar surface area (TPSA) is 175 Å². The molecule has 0 aliphatic carbocycles. The molecule has 0 spiro atoms. The molecule has 2 saturated heterocycles. The Balaban J connectivity index is 0.942. The Labute approximate surface area is 354 Å². The summed E-state index contributed by atoms with van der Waals surface area (Å²) in [6, 6.07) is 28.2. The highest BCUT2D eigenvalue weighted by Crippen LogP contribution is 2.36. The number of imidazole rings is 2. The molecule has 2 fully saturated rings. The lowest BCUT2D eigenvalue weighted by molar-refractivity contribution is -0.135. The van der Waals surface area contributed by atoms with Crippen LogP contribution in [0, 0.1) is 5.92 Å². The van der Waals surface area contributed by atoms with Crippen LogP contribution in [0.4, 0.5) is 9.59 Å². The summed E-state index contributed by atoms with van der Waals surface area (Å²) in [7, 11) is 2.57. The van der Waals surface area contributed by atoms with Gasteiger partial charge in [-0.3, -0.25) is 9.59 Å². The quantitative estimate of drug-likeness (QED) is 0.101. The van der Waals surface area contributed by atoms with Crippen LogP contribution in [-0.4, -0.2) is 87.1 Å². The van der Waals surface area contributed by atoms with Crippen molar-refractivity contribution < 1.29 is 28.7 Å². The summed E-state index contributed by atoms with van der Waals surface area (Å²) in [5.74, 6) is 0.972. The Bertz CT molecular complexity index is 2530. The van der Waals surface area contributed by atoms with Crippen LogP contribution in [0.25, 0.3) is 44.4 Å². The minimum atomic E-state index is -0.880. The fourth-order valence-corrected chi connectivity index (χ4v) is 8.52. The summed E-state index contributed by atoms with van der Waals surface area (Å²) in [6.45, 7) is 4.95. The number of aromatic amines is 2. The highest BCUT2D eigenvalue weighted by Gasteiger charge is 2.39. The predicted octanol–water partition coefficient (Wildman–Crippen LogP) is 8.09. The molecule has 2 aliphatic heterocycles. The highest BCUT2D eigenvalue weighted by molar-refractivity contribution is 5.91. The number of aromatic nitrogens is 4. The fourth-order valence-electron chi connectivity index (χ4n) is 8.52. The summed E-state index contributed by atoms with van der Waals surface area (Å²) in [4.78, 5) is 71.7. The van der Waals surface area contributed by atoms with Gasteiger partial charge in [-0.2, -0.15) is 0 Å². The molecule has 61 heavy (non-hydrogen) atoms. The number of methoxy groups -OCH3 is 2. The second-order valence-electron chi connectivity index (χ2n) is 15.9. The van der Waals surface area contributed by atoms with E-state index in [9.17, 15) is 19.2 Å². The Morgan fingerprint density at radius 1 is 0.639 bits per heavy atom. The number of hydrogen-bond donors (Lipinski definition) is 4. The molecule has 4 N–H and O–H groups in total. The molecule has 0 unspecified atom stereocenters. The molecule has 0 saturated carbocycles. The van der Waals surface area contributed by atoms with Gasteiger partial charge < -0.3 is 39.9 Å². The number of carbonyl (C=O) groups excluding carboxylic acids is 4. The van der Waals surface area contributed by atoms with E-state index < -0.39 is 24.3 Å². The molecule has 14 heteroatoms. The first-order valence-electron chi connectivity index (χ1n) is 20.7. The lowest BCUT2D eigenvalue weighted by atomic mass is 9.98. The van der Waals surface area contributed by atoms with Gasteiger partial charge in [0.1, 0.15) is 23.7 Å². The van der Waals surface area contributed by atoms with E-state index in [4.69, 9.17) is 19.4 Å². The number of hydrogen-bond acceptors (Lipinski definition) is 8. The van der Waals surface area contributed by atoms with E-state index in [1.165, 1.54) is 14.2 Å². The van der Waals surface area contributed by atoms with Crippen molar-refractivity contribution in [1.29, 1.82) is 0 Å². The van der Waals surface area contributed by atoms with E-state index >= 15 is 0 Å². The van der Waals surface area contributed by atoms with Gasteiger partial charge in [-0.05, 0) is 76.8 Å². The maximum atomic E-state index is 13.9. The second kappa shape index (κ2) is 17.7. The summed E-state index contributed by atoms with van der Waals surface area (Å²) in [5.41, 5.74) is 6.52. The Kier molecular flexibility index (Phi) is 11.9. The zero-order chi connectivity index (χ0) is 42.6. The molecule has 6 aromatic rings. The first kappa shape index (κ1) is 40.8. The number of rotatable bonds is 11. The van der Waals surface area contributed by atoms with E-state index in [-0.39, 0.29) is 29.8 Å². The molecule has 4 aromatic carbocycles. The fraction of sp³-hybridized carbons (Fsp3) is 0.319. The van der Waals surface area contributed by atoms with Crippen molar-refractivity contribution in [3.05, 3.63) is 121 Å².